The predicted molar refractivity (Wildman–Crippen MR) is 89.4 cm³/mol. The number of hydrogen-bond acceptors (Lipinski definition) is 6. The summed E-state index contributed by atoms with van der Waals surface area (Å²) in [6.07, 6.45) is 2.69. The average molecular weight is 331 g/mol. The number of nitrogens with zero attached hydrogens (tertiary/aromatic N) is 1. The highest BCUT2D eigenvalue weighted by atomic mass is 16.5. The molecule has 3 N–H and O–H groups in total. The number of carbonyl (C=O) groups is 1. The minimum Gasteiger partial charge on any atom is -0.378 e. The SMILES string of the molecule is CCC(=O)NCCOCCOCCOCCN1CCC(N)CC1. The third-order valence-corrected chi connectivity index (χ3v) is 3.82. The first kappa shape index (κ1) is 20.3. The zero-order valence-corrected chi connectivity index (χ0v) is 14.4. The molecular weight excluding hydrogens is 298 g/mol. The van der Waals surface area contributed by atoms with Crippen LogP contribution in [0.15, 0.2) is 0 Å². The quantitative estimate of drug-likeness (QED) is 0.462. The Balaban J connectivity index is 1.74. The van der Waals surface area contributed by atoms with Gasteiger partial charge in [-0.1, -0.05) is 6.92 Å². The van der Waals surface area contributed by atoms with Crippen LogP contribution in [0.4, 0.5) is 0 Å². The summed E-state index contributed by atoms with van der Waals surface area (Å²) in [5, 5.41) is 2.75. The fourth-order valence-electron chi connectivity index (χ4n) is 2.30. The number of nitrogens with one attached hydrogen (secondary N) is 1. The number of nitrogens with two attached hydrogens (primary N) is 1. The molecule has 7 heteroatoms. The summed E-state index contributed by atoms with van der Waals surface area (Å²) >= 11 is 0. The molecule has 1 rings (SSSR count). The van der Waals surface area contributed by atoms with Gasteiger partial charge >= 0.3 is 0 Å². The van der Waals surface area contributed by atoms with Gasteiger partial charge in [0.15, 0.2) is 0 Å². The lowest BCUT2D eigenvalue weighted by molar-refractivity contribution is -0.121. The van der Waals surface area contributed by atoms with E-state index in [1.54, 1.807) is 0 Å². The zero-order chi connectivity index (χ0) is 16.8. The summed E-state index contributed by atoms with van der Waals surface area (Å²) in [7, 11) is 0. The topological polar surface area (TPSA) is 86.1 Å². The van der Waals surface area contributed by atoms with Crippen LogP contribution in [0.25, 0.3) is 0 Å². The van der Waals surface area contributed by atoms with Crippen LogP contribution in [-0.4, -0.2) is 82.7 Å². The fourth-order valence-corrected chi connectivity index (χ4v) is 2.30. The van der Waals surface area contributed by atoms with Gasteiger partial charge in [-0.05, 0) is 25.9 Å². The van der Waals surface area contributed by atoms with E-state index < -0.39 is 0 Å². The van der Waals surface area contributed by atoms with Crippen molar-refractivity contribution >= 4 is 5.91 Å². The van der Waals surface area contributed by atoms with Gasteiger partial charge in [-0.25, -0.2) is 0 Å². The van der Waals surface area contributed by atoms with E-state index in [-0.39, 0.29) is 5.91 Å². The highest BCUT2D eigenvalue weighted by Crippen LogP contribution is 2.07. The normalized spacial score (nSPS) is 16.6. The van der Waals surface area contributed by atoms with Crippen molar-refractivity contribution in [1.82, 2.24) is 10.2 Å². The van der Waals surface area contributed by atoms with E-state index in [9.17, 15) is 4.79 Å². The maximum absolute atomic E-state index is 11.0. The molecule has 1 aliphatic heterocycles. The third-order valence-electron chi connectivity index (χ3n) is 3.82. The van der Waals surface area contributed by atoms with Gasteiger partial charge in [0, 0.05) is 25.6 Å². The van der Waals surface area contributed by atoms with E-state index in [4.69, 9.17) is 19.9 Å². The first-order valence-electron chi connectivity index (χ1n) is 8.70. The minimum absolute atomic E-state index is 0.0504. The van der Waals surface area contributed by atoms with Crippen molar-refractivity contribution in [2.45, 2.75) is 32.2 Å². The summed E-state index contributed by atoms with van der Waals surface area (Å²) < 4.78 is 16.3. The Bertz CT molecular complexity index is 297. The molecule has 0 saturated carbocycles. The molecule has 0 aromatic rings. The second-order valence-corrected chi connectivity index (χ2v) is 5.72. The molecule has 0 bridgehead atoms. The first-order valence-corrected chi connectivity index (χ1v) is 8.70. The second kappa shape index (κ2) is 13.7. The van der Waals surface area contributed by atoms with Gasteiger partial charge in [-0.3, -0.25) is 4.79 Å². The molecule has 0 spiro atoms. The summed E-state index contributed by atoms with van der Waals surface area (Å²) in [4.78, 5) is 13.4. The highest BCUT2D eigenvalue weighted by Gasteiger charge is 2.14. The van der Waals surface area contributed by atoms with Crippen LogP contribution < -0.4 is 11.1 Å². The lowest BCUT2D eigenvalue weighted by atomic mass is 10.1. The molecular formula is C16H33N3O4. The van der Waals surface area contributed by atoms with Crippen molar-refractivity contribution in [3.8, 4) is 0 Å². The summed E-state index contributed by atoms with van der Waals surface area (Å²) in [6.45, 7) is 9.06. The van der Waals surface area contributed by atoms with Crippen LogP contribution >= 0.6 is 0 Å². The lowest BCUT2D eigenvalue weighted by Crippen LogP contribution is -2.41. The molecule has 1 amide bonds. The van der Waals surface area contributed by atoms with E-state index >= 15 is 0 Å². The van der Waals surface area contributed by atoms with Gasteiger partial charge in [-0.15, -0.1) is 0 Å². The van der Waals surface area contributed by atoms with E-state index in [1.165, 1.54) is 0 Å². The minimum atomic E-state index is 0.0504. The molecule has 1 aliphatic rings. The first-order chi connectivity index (χ1) is 11.2. The molecule has 0 aromatic heterocycles. The van der Waals surface area contributed by atoms with Gasteiger partial charge in [-0.2, -0.15) is 0 Å². The summed E-state index contributed by atoms with van der Waals surface area (Å²) in [6, 6.07) is 0.380. The van der Waals surface area contributed by atoms with Gasteiger partial charge in [0.1, 0.15) is 0 Å². The molecule has 0 atom stereocenters. The van der Waals surface area contributed by atoms with Crippen molar-refractivity contribution in [2.75, 3.05) is 65.8 Å². The van der Waals surface area contributed by atoms with Crippen LogP contribution in [0.1, 0.15) is 26.2 Å². The maximum atomic E-state index is 11.0. The Morgan fingerprint density at radius 1 is 1.04 bits per heavy atom. The zero-order valence-electron chi connectivity index (χ0n) is 14.4. The molecule has 0 unspecified atom stereocenters. The van der Waals surface area contributed by atoms with Crippen molar-refractivity contribution in [2.24, 2.45) is 5.73 Å². The van der Waals surface area contributed by atoms with E-state index in [2.05, 4.69) is 10.2 Å². The number of carbonyl (C=O) groups excluding carboxylic acids is 1. The van der Waals surface area contributed by atoms with Crippen LogP contribution in [0.3, 0.4) is 0 Å². The average Bonchev–Trinajstić information content (AvgIpc) is 2.57. The van der Waals surface area contributed by atoms with E-state index in [1.807, 2.05) is 6.92 Å². The van der Waals surface area contributed by atoms with Crippen LogP contribution in [-0.2, 0) is 19.0 Å². The monoisotopic (exact) mass is 331 g/mol. The Morgan fingerprint density at radius 3 is 2.22 bits per heavy atom. The van der Waals surface area contributed by atoms with Crippen molar-refractivity contribution in [3.05, 3.63) is 0 Å². The van der Waals surface area contributed by atoms with Gasteiger partial charge in [0.2, 0.25) is 5.91 Å². The predicted octanol–water partition coefficient (Wildman–Crippen LogP) is -0.0145. The number of ether oxygens (including phenoxy) is 3. The van der Waals surface area contributed by atoms with Crippen molar-refractivity contribution < 1.29 is 19.0 Å². The summed E-state index contributed by atoms with van der Waals surface area (Å²) in [5.41, 5.74) is 5.87. The smallest absolute Gasteiger partial charge is 0.219 e. The summed E-state index contributed by atoms with van der Waals surface area (Å²) in [5.74, 6) is 0.0504. The molecule has 1 saturated heterocycles. The van der Waals surface area contributed by atoms with Crippen molar-refractivity contribution in [1.29, 1.82) is 0 Å². The number of piperidine rings is 1. The molecule has 0 aliphatic carbocycles. The van der Waals surface area contributed by atoms with Gasteiger partial charge < -0.3 is 30.2 Å². The van der Waals surface area contributed by atoms with Crippen LogP contribution in [0.2, 0.25) is 0 Å². The van der Waals surface area contributed by atoms with Crippen LogP contribution in [0.5, 0.6) is 0 Å². The number of amides is 1. The number of likely N-dealkylation sites (tertiary alicyclic amines) is 1. The molecule has 0 aromatic carbocycles. The molecule has 23 heavy (non-hydrogen) atoms. The molecule has 1 heterocycles. The number of hydrogen-bond donors (Lipinski definition) is 2. The molecule has 0 radical (unpaired) electrons. The lowest BCUT2D eigenvalue weighted by Gasteiger charge is -2.29. The van der Waals surface area contributed by atoms with E-state index in [0.717, 1.165) is 39.1 Å². The third kappa shape index (κ3) is 11.4. The standard InChI is InChI=1S/C16H33N3O4/c1-2-16(20)18-5-9-21-11-13-23-14-12-22-10-8-19-6-3-15(17)4-7-19/h15H,2-14,17H2,1H3,(H,18,20). The second-order valence-electron chi connectivity index (χ2n) is 5.72. The Labute approximate surface area is 139 Å². The molecule has 7 nitrogen and oxygen atoms in total. The molecule has 1 fully saturated rings. The number of rotatable bonds is 13. The fraction of sp³-hybridized carbons (Fsp3) is 0.938. The van der Waals surface area contributed by atoms with Crippen LogP contribution in [0, 0.1) is 0 Å². The Hall–Kier alpha value is -0.730. The van der Waals surface area contributed by atoms with E-state index in [0.29, 0.717) is 52.0 Å². The van der Waals surface area contributed by atoms with Crippen molar-refractivity contribution in [3.63, 3.8) is 0 Å². The van der Waals surface area contributed by atoms with Gasteiger partial charge in [0.25, 0.3) is 0 Å². The maximum Gasteiger partial charge on any atom is 0.219 e. The highest BCUT2D eigenvalue weighted by molar-refractivity contribution is 5.75. The Kier molecular flexibility index (Phi) is 12.1. The Morgan fingerprint density at radius 2 is 1.61 bits per heavy atom. The molecule has 136 valence electrons. The largest absolute Gasteiger partial charge is 0.378 e. The van der Waals surface area contributed by atoms with Gasteiger partial charge in [0.05, 0.1) is 39.6 Å².